The third-order valence-electron chi connectivity index (χ3n) is 4.51. The Balaban J connectivity index is 2.10. The van der Waals surface area contributed by atoms with Crippen molar-refractivity contribution in [2.75, 3.05) is 0 Å². The Hall–Kier alpha value is -0.570. The van der Waals surface area contributed by atoms with Crippen LogP contribution in [0.15, 0.2) is 0 Å². The van der Waals surface area contributed by atoms with Crippen LogP contribution >= 0.6 is 0 Å². The van der Waals surface area contributed by atoms with E-state index in [-0.39, 0.29) is 29.4 Å². The molecule has 0 spiro atoms. The first kappa shape index (κ1) is 7.80. The second-order valence-corrected chi connectivity index (χ2v) is 5.27. The lowest BCUT2D eigenvalue weighted by atomic mass is 9.80. The first-order valence-corrected chi connectivity index (χ1v) is 4.99. The van der Waals surface area contributed by atoms with Crippen LogP contribution in [0, 0.1) is 23.2 Å². The summed E-state index contributed by atoms with van der Waals surface area (Å²) < 4.78 is 5.32. The fourth-order valence-corrected chi connectivity index (χ4v) is 3.88. The highest BCUT2D eigenvalue weighted by Crippen LogP contribution is 2.63. The van der Waals surface area contributed by atoms with Crippen molar-refractivity contribution in [2.24, 2.45) is 28.9 Å². The minimum absolute atomic E-state index is 0.00137. The lowest BCUT2D eigenvalue weighted by Gasteiger charge is -2.23. The van der Waals surface area contributed by atoms with Crippen molar-refractivity contribution in [1.29, 1.82) is 0 Å². The van der Waals surface area contributed by atoms with Crippen LogP contribution in [-0.2, 0) is 9.53 Å². The molecule has 0 aromatic rings. The molecule has 3 fully saturated rings. The maximum Gasteiger partial charge on any atom is 0.309 e. The van der Waals surface area contributed by atoms with E-state index in [1.54, 1.807) is 0 Å². The molecule has 5 unspecified atom stereocenters. The first-order valence-electron chi connectivity index (χ1n) is 4.99. The Morgan fingerprint density at radius 1 is 1.54 bits per heavy atom. The predicted octanol–water partition coefficient (Wildman–Crippen LogP) is 0.531. The van der Waals surface area contributed by atoms with Crippen molar-refractivity contribution in [3.8, 4) is 0 Å². The van der Waals surface area contributed by atoms with Gasteiger partial charge in [-0.15, -0.1) is 0 Å². The Bertz CT molecular complexity index is 287. The van der Waals surface area contributed by atoms with Gasteiger partial charge in [-0.2, -0.15) is 0 Å². The number of carbonyl (C=O) groups is 1. The van der Waals surface area contributed by atoms with E-state index in [1.165, 1.54) is 0 Å². The number of fused-ring (bicyclic) bond motifs is 1. The summed E-state index contributed by atoms with van der Waals surface area (Å²) in [6.07, 6.45) is 0.972. The zero-order chi connectivity index (χ0) is 9.38. The summed E-state index contributed by atoms with van der Waals surface area (Å²) in [6, 6.07) is 0.0858. The molecular formula is C10H15NO2. The molecule has 5 atom stereocenters. The molecule has 0 amide bonds. The van der Waals surface area contributed by atoms with Gasteiger partial charge in [-0.25, -0.2) is 0 Å². The molecule has 2 bridgehead atoms. The number of esters is 1. The van der Waals surface area contributed by atoms with Crippen molar-refractivity contribution in [3.63, 3.8) is 0 Å². The minimum Gasteiger partial charge on any atom is -0.460 e. The van der Waals surface area contributed by atoms with E-state index in [0.29, 0.717) is 11.8 Å². The van der Waals surface area contributed by atoms with E-state index in [1.807, 2.05) is 0 Å². The van der Waals surface area contributed by atoms with Gasteiger partial charge in [0.05, 0.1) is 5.92 Å². The summed E-state index contributed by atoms with van der Waals surface area (Å²) in [4.78, 5) is 11.4. The second-order valence-electron chi connectivity index (χ2n) is 5.27. The van der Waals surface area contributed by atoms with Crippen molar-refractivity contribution in [3.05, 3.63) is 0 Å². The minimum atomic E-state index is -0.00137. The molecule has 2 aliphatic carbocycles. The van der Waals surface area contributed by atoms with Gasteiger partial charge in [0, 0.05) is 12.0 Å². The first-order chi connectivity index (χ1) is 6.03. The maximum absolute atomic E-state index is 11.4. The van der Waals surface area contributed by atoms with E-state index in [4.69, 9.17) is 10.5 Å². The molecule has 0 aromatic carbocycles. The summed E-state index contributed by atoms with van der Waals surface area (Å²) in [5, 5.41) is 0. The molecule has 3 nitrogen and oxygen atoms in total. The topological polar surface area (TPSA) is 52.3 Å². The highest BCUT2D eigenvalue weighted by Gasteiger charge is 2.69. The molecule has 0 radical (unpaired) electrons. The van der Waals surface area contributed by atoms with E-state index in [9.17, 15) is 4.79 Å². The van der Waals surface area contributed by atoms with Gasteiger partial charge in [0.25, 0.3) is 0 Å². The van der Waals surface area contributed by atoms with Crippen LogP contribution < -0.4 is 5.73 Å². The molecule has 1 heterocycles. The lowest BCUT2D eigenvalue weighted by molar-refractivity contribution is -0.143. The van der Waals surface area contributed by atoms with E-state index >= 15 is 0 Å². The normalized spacial score (nSPS) is 55.6. The van der Waals surface area contributed by atoms with Crippen molar-refractivity contribution in [1.82, 2.24) is 0 Å². The highest BCUT2D eigenvalue weighted by atomic mass is 16.6. The summed E-state index contributed by atoms with van der Waals surface area (Å²) in [6.45, 7) is 4.45. The van der Waals surface area contributed by atoms with Gasteiger partial charge in [0.1, 0.15) is 6.10 Å². The number of nitrogens with two attached hydrogens (primary N) is 1. The second kappa shape index (κ2) is 1.92. The van der Waals surface area contributed by atoms with Crippen LogP contribution in [0.5, 0.6) is 0 Å². The molecule has 2 saturated carbocycles. The third-order valence-corrected chi connectivity index (χ3v) is 4.51. The van der Waals surface area contributed by atoms with Gasteiger partial charge >= 0.3 is 5.97 Å². The van der Waals surface area contributed by atoms with E-state index in [0.717, 1.165) is 6.42 Å². The van der Waals surface area contributed by atoms with Gasteiger partial charge < -0.3 is 10.5 Å². The Labute approximate surface area is 77.6 Å². The Morgan fingerprint density at radius 3 is 2.77 bits per heavy atom. The van der Waals surface area contributed by atoms with E-state index < -0.39 is 0 Å². The molecule has 3 rings (SSSR count). The molecule has 1 aliphatic heterocycles. The molecule has 0 aromatic heterocycles. The van der Waals surface area contributed by atoms with Crippen molar-refractivity contribution in [2.45, 2.75) is 32.4 Å². The van der Waals surface area contributed by atoms with Crippen LogP contribution in [0.25, 0.3) is 0 Å². The van der Waals surface area contributed by atoms with Gasteiger partial charge in [0.2, 0.25) is 0 Å². The van der Waals surface area contributed by atoms with Crippen LogP contribution in [0.4, 0.5) is 0 Å². The van der Waals surface area contributed by atoms with Gasteiger partial charge in [-0.05, 0) is 17.8 Å². The van der Waals surface area contributed by atoms with Crippen LogP contribution in [0.2, 0.25) is 0 Å². The van der Waals surface area contributed by atoms with Crippen molar-refractivity contribution < 1.29 is 9.53 Å². The third kappa shape index (κ3) is 0.654. The number of hydrogen-bond acceptors (Lipinski definition) is 3. The summed E-state index contributed by atoms with van der Waals surface area (Å²) in [5.41, 5.74) is 6.27. The summed E-state index contributed by atoms with van der Waals surface area (Å²) in [5.74, 6) is 1.03. The zero-order valence-corrected chi connectivity index (χ0v) is 7.99. The highest BCUT2D eigenvalue weighted by molar-refractivity contribution is 5.77. The Kier molecular flexibility index (Phi) is 1.15. The monoisotopic (exact) mass is 181 g/mol. The molecular weight excluding hydrogens is 166 g/mol. The van der Waals surface area contributed by atoms with E-state index in [2.05, 4.69) is 13.8 Å². The SMILES string of the molecule is CC1(C)C2CC3C(=O)OC(C2N)C31. The molecule has 2 N–H and O–H groups in total. The van der Waals surface area contributed by atoms with Crippen molar-refractivity contribution >= 4 is 5.97 Å². The fraction of sp³-hybridized carbons (Fsp3) is 0.900. The summed E-state index contributed by atoms with van der Waals surface area (Å²) >= 11 is 0. The average molecular weight is 181 g/mol. The van der Waals surface area contributed by atoms with Gasteiger partial charge in [0.15, 0.2) is 0 Å². The smallest absolute Gasteiger partial charge is 0.309 e. The maximum atomic E-state index is 11.4. The molecule has 1 saturated heterocycles. The predicted molar refractivity (Wildman–Crippen MR) is 46.7 cm³/mol. The zero-order valence-electron chi connectivity index (χ0n) is 7.99. The lowest BCUT2D eigenvalue weighted by Crippen LogP contribution is -2.39. The average Bonchev–Trinajstić information content (AvgIpc) is 2.51. The fourth-order valence-electron chi connectivity index (χ4n) is 3.88. The van der Waals surface area contributed by atoms with Gasteiger partial charge in [-0.3, -0.25) is 4.79 Å². The largest absolute Gasteiger partial charge is 0.460 e. The molecule has 13 heavy (non-hydrogen) atoms. The number of ether oxygens (including phenoxy) is 1. The Morgan fingerprint density at radius 2 is 2.23 bits per heavy atom. The van der Waals surface area contributed by atoms with Crippen LogP contribution in [0.1, 0.15) is 20.3 Å². The molecule has 3 heteroatoms. The van der Waals surface area contributed by atoms with Crippen LogP contribution in [-0.4, -0.2) is 18.1 Å². The van der Waals surface area contributed by atoms with Crippen LogP contribution in [0.3, 0.4) is 0 Å². The summed E-state index contributed by atoms with van der Waals surface area (Å²) in [7, 11) is 0. The number of rotatable bonds is 0. The molecule has 72 valence electrons. The quantitative estimate of drug-likeness (QED) is 0.555. The number of carbonyl (C=O) groups excluding carboxylic acids is 1. The number of hydrogen-bond donors (Lipinski definition) is 1. The standard InChI is InChI=1S/C10H15NO2/c1-10(2)5-3-4-6(10)8(7(5)11)13-9(4)12/h4-8H,3,11H2,1-2H3. The molecule has 3 aliphatic rings. The van der Waals surface area contributed by atoms with Gasteiger partial charge in [-0.1, -0.05) is 13.8 Å².